The first-order valence-corrected chi connectivity index (χ1v) is 6.88. The highest BCUT2D eigenvalue weighted by Gasteiger charge is 2.28. The Morgan fingerprint density at radius 3 is 3.21 bits per heavy atom. The van der Waals surface area contributed by atoms with Crippen LogP contribution in [0.4, 0.5) is 4.79 Å². The summed E-state index contributed by atoms with van der Waals surface area (Å²) in [6, 6.07) is 0. The normalized spacial score (nSPS) is 19.6. The van der Waals surface area contributed by atoms with Crippen LogP contribution in [0.3, 0.4) is 0 Å². The van der Waals surface area contributed by atoms with Crippen molar-refractivity contribution in [2.24, 2.45) is 0 Å². The maximum atomic E-state index is 11.0. The van der Waals surface area contributed by atoms with Crippen LogP contribution in [0.25, 0.3) is 11.6 Å². The van der Waals surface area contributed by atoms with Gasteiger partial charge in [0.2, 0.25) is 0 Å². The molecular weight excluding hydrogens is 268 g/mol. The van der Waals surface area contributed by atoms with Gasteiger partial charge in [-0.05, 0) is 12.8 Å². The Balaban J connectivity index is 1.77. The minimum Gasteiger partial charge on any atom is -0.465 e. The van der Waals surface area contributed by atoms with E-state index in [1.807, 2.05) is 5.38 Å². The standard InChI is InChI=1S/C11H12N4O3S/c16-11(17)15-3-1-2-7(4-15)9-13-10(18-14-9)8-5-19-6-12-8/h5-7H,1-4H2,(H,16,17). The molecule has 2 aromatic heterocycles. The van der Waals surface area contributed by atoms with Crippen LogP contribution in [0.5, 0.6) is 0 Å². The van der Waals surface area contributed by atoms with Crippen molar-refractivity contribution in [3.8, 4) is 11.6 Å². The molecule has 1 unspecified atom stereocenters. The van der Waals surface area contributed by atoms with E-state index in [0.717, 1.165) is 12.8 Å². The Labute approximate surface area is 112 Å². The lowest BCUT2D eigenvalue weighted by molar-refractivity contribution is 0.129. The van der Waals surface area contributed by atoms with Gasteiger partial charge in [-0.3, -0.25) is 0 Å². The quantitative estimate of drug-likeness (QED) is 0.905. The second-order valence-electron chi connectivity index (χ2n) is 4.40. The van der Waals surface area contributed by atoms with Gasteiger partial charge in [0.1, 0.15) is 5.69 Å². The van der Waals surface area contributed by atoms with Gasteiger partial charge in [-0.25, -0.2) is 9.78 Å². The third-order valence-corrected chi connectivity index (χ3v) is 3.74. The van der Waals surface area contributed by atoms with Gasteiger partial charge >= 0.3 is 6.09 Å². The molecule has 3 rings (SSSR count). The van der Waals surface area contributed by atoms with Crippen LogP contribution >= 0.6 is 11.3 Å². The fourth-order valence-corrected chi connectivity index (χ4v) is 2.71. The van der Waals surface area contributed by atoms with Crippen molar-refractivity contribution in [2.75, 3.05) is 13.1 Å². The molecule has 1 amide bonds. The summed E-state index contributed by atoms with van der Waals surface area (Å²) in [5.41, 5.74) is 2.36. The zero-order chi connectivity index (χ0) is 13.2. The highest BCUT2D eigenvalue weighted by Crippen LogP contribution is 2.26. The van der Waals surface area contributed by atoms with E-state index in [-0.39, 0.29) is 5.92 Å². The van der Waals surface area contributed by atoms with Gasteiger partial charge in [-0.15, -0.1) is 11.3 Å². The van der Waals surface area contributed by atoms with Crippen molar-refractivity contribution in [2.45, 2.75) is 18.8 Å². The SMILES string of the molecule is O=C(O)N1CCCC(c2noc(-c3cscn3)n2)C1. The summed E-state index contributed by atoms with van der Waals surface area (Å²) in [5, 5.41) is 14.8. The zero-order valence-corrected chi connectivity index (χ0v) is 10.8. The molecule has 1 aliphatic heterocycles. The Morgan fingerprint density at radius 1 is 1.58 bits per heavy atom. The molecule has 1 saturated heterocycles. The number of rotatable bonds is 2. The molecule has 1 aliphatic rings. The Bertz CT molecular complexity index is 568. The number of aromatic nitrogens is 3. The first-order valence-electron chi connectivity index (χ1n) is 5.94. The molecule has 1 N–H and O–H groups in total. The fraction of sp³-hybridized carbons (Fsp3) is 0.455. The van der Waals surface area contributed by atoms with Crippen molar-refractivity contribution in [1.82, 2.24) is 20.0 Å². The molecule has 0 aromatic carbocycles. The van der Waals surface area contributed by atoms with E-state index in [1.54, 1.807) is 5.51 Å². The predicted molar refractivity (Wildman–Crippen MR) is 67.0 cm³/mol. The molecular formula is C11H12N4O3S. The smallest absolute Gasteiger partial charge is 0.407 e. The van der Waals surface area contributed by atoms with E-state index in [2.05, 4.69) is 15.1 Å². The van der Waals surface area contributed by atoms with Crippen molar-refractivity contribution in [3.63, 3.8) is 0 Å². The molecule has 2 aromatic rings. The van der Waals surface area contributed by atoms with E-state index in [4.69, 9.17) is 9.63 Å². The first kappa shape index (κ1) is 12.1. The van der Waals surface area contributed by atoms with Crippen molar-refractivity contribution >= 4 is 17.4 Å². The predicted octanol–water partition coefficient (Wildman–Crippen LogP) is 2.05. The van der Waals surface area contributed by atoms with Gasteiger partial charge < -0.3 is 14.5 Å². The summed E-state index contributed by atoms with van der Waals surface area (Å²) in [6.07, 6.45) is 0.796. The topological polar surface area (TPSA) is 92.3 Å². The van der Waals surface area contributed by atoms with Crippen LogP contribution in [0.15, 0.2) is 15.4 Å². The van der Waals surface area contributed by atoms with E-state index >= 15 is 0 Å². The maximum Gasteiger partial charge on any atom is 0.407 e. The molecule has 100 valence electrons. The summed E-state index contributed by atoms with van der Waals surface area (Å²) in [6.45, 7) is 0.994. The van der Waals surface area contributed by atoms with Crippen molar-refractivity contribution in [3.05, 3.63) is 16.7 Å². The van der Waals surface area contributed by atoms with Gasteiger partial charge in [0, 0.05) is 24.4 Å². The molecule has 0 saturated carbocycles. The Hall–Kier alpha value is -1.96. The maximum absolute atomic E-state index is 11.0. The Kier molecular flexibility index (Phi) is 3.16. The summed E-state index contributed by atoms with van der Waals surface area (Å²) in [4.78, 5) is 20.8. The number of piperidine rings is 1. The van der Waals surface area contributed by atoms with E-state index in [9.17, 15) is 4.79 Å². The molecule has 0 spiro atoms. The van der Waals surface area contributed by atoms with Gasteiger partial charge in [0.05, 0.1) is 5.51 Å². The molecule has 3 heterocycles. The third-order valence-electron chi connectivity index (χ3n) is 3.15. The second kappa shape index (κ2) is 4.96. The number of carboxylic acid groups (broad SMARTS) is 1. The van der Waals surface area contributed by atoms with E-state index in [0.29, 0.717) is 30.5 Å². The van der Waals surface area contributed by atoms with Gasteiger partial charge in [0.25, 0.3) is 5.89 Å². The van der Waals surface area contributed by atoms with Gasteiger partial charge in [-0.2, -0.15) is 4.98 Å². The fourth-order valence-electron chi connectivity index (χ4n) is 2.18. The van der Waals surface area contributed by atoms with Crippen molar-refractivity contribution < 1.29 is 14.4 Å². The molecule has 8 heteroatoms. The third kappa shape index (κ3) is 2.43. The number of likely N-dealkylation sites (tertiary alicyclic amines) is 1. The summed E-state index contributed by atoms with van der Waals surface area (Å²) in [5.74, 6) is 0.957. The number of hydrogen-bond acceptors (Lipinski definition) is 6. The lowest BCUT2D eigenvalue weighted by Gasteiger charge is -2.28. The number of nitrogens with zero attached hydrogens (tertiary/aromatic N) is 4. The van der Waals surface area contributed by atoms with Gasteiger partial charge in [-0.1, -0.05) is 5.16 Å². The average molecular weight is 280 g/mol. The highest BCUT2D eigenvalue weighted by atomic mass is 32.1. The molecule has 19 heavy (non-hydrogen) atoms. The molecule has 1 atom stereocenters. The summed E-state index contributed by atoms with van der Waals surface area (Å²) in [7, 11) is 0. The molecule has 0 aliphatic carbocycles. The second-order valence-corrected chi connectivity index (χ2v) is 5.12. The average Bonchev–Trinajstić information content (AvgIpc) is 3.09. The molecule has 0 radical (unpaired) electrons. The lowest BCUT2D eigenvalue weighted by atomic mass is 9.98. The largest absolute Gasteiger partial charge is 0.465 e. The minimum absolute atomic E-state index is 0.000913. The monoisotopic (exact) mass is 280 g/mol. The first-order chi connectivity index (χ1) is 9.24. The molecule has 7 nitrogen and oxygen atoms in total. The zero-order valence-electron chi connectivity index (χ0n) is 10.0. The Morgan fingerprint density at radius 2 is 2.47 bits per heavy atom. The van der Waals surface area contributed by atoms with Crippen molar-refractivity contribution in [1.29, 1.82) is 0 Å². The van der Waals surface area contributed by atoms with Crippen LogP contribution in [0.2, 0.25) is 0 Å². The summed E-state index contributed by atoms with van der Waals surface area (Å²) >= 11 is 1.46. The van der Waals surface area contributed by atoms with Crippen LogP contribution in [0, 0.1) is 0 Å². The number of hydrogen-bond donors (Lipinski definition) is 1. The van der Waals surface area contributed by atoms with Crippen LogP contribution in [-0.2, 0) is 0 Å². The minimum atomic E-state index is -0.895. The van der Waals surface area contributed by atoms with Crippen LogP contribution in [0.1, 0.15) is 24.6 Å². The van der Waals surface area contributed by atoms with Crippen LogP contribution in [-0.4, -0.2) is 44.3 Å². The molecule has 1 fully saturated rings. The number of carbonyl (C=O) groups is 1. The number of amides is 1. The summed E-state index contributed by atoms with van der Waals surface area (Å²) < 4.78 is 5.18. The van der Waals surface area contributed by atoms with E-state index in [1.165, 1.54) is 16.2 Å². The molecule has 0 bridgehead atoms. The van der Waals surface area contributed by atoms with Gasteiger partial charge in [0.15, 0.2) is 5.82 Å². The van der Waals surface area contributed by atoms with Crippen LogP contribution < -0.4 is 0 Å². The highest BCUT2D eigenvalue weighted by molar-refractivity contribution is 7.07. The van der Waals surface area contributed by atoms with E-state index < -0.39 is 6.09 Å². The lowest BCUT2D eigenvalue weighted by Crippen LogP contribution is -2.38. The number of thiazole rings is 1.